The van der Waals surface area contributed by atoms with Crippen LogP contribution in [-0.4, -0.2) is 47.7 Å². The molecule has 0 aliphatic carbocycles. The quantitative estimate of drug-likeness (QED) is 0.548. The van der Waals surface area contributed by atoms with Crippen molar-refractivity contribution >= 4 is 23.3 Å². The van der Waals surface area contributed by atoms with Crippen molar-refractivity contribution in [2.75, 3.05) is 26.1 Å². The maximum atomic E-state index is 12.5. The maximum absolute atomic E-state index is 12.5. The molecule has 4 rings (SSSR count). The zero-order chi connectivity index (χ0) is 22.0. The summed E-state index contributed by atoms with van der Waals surface area (Å²) in [6, 6.07) is 15.9. The summed E-state index contributed by atoms with van der Waals surface area (Å²) in [5, 5.41) is 0.726. The van der Waals surface area contributed by atoms with E-state index in [1.54, 1.807) is 0 Å². The van der Waals surface area contributed by atoms with E-state index in [0.29, 0.717) is 26.1 Å². The SMILES string of the molecule is COC(=O)C1Cc2ncn(Cc3ccc(Cl)cc3)c2CN1Cc1ccc(N(C)C)cc1. The molecule has 6 nitrogen and oxygen atoms in total. The van der Waals surface area contributed by atoms with Crippen molar-refractivity contribution in [1.29, 1.82) is 0 Å². The predicted octanol–water partition coefficient (Wildman–Crippen LogP) is 3.75. The van der Waals surface area contributed by atoms with Crippen LogP contribution in [0, 0.1) is 0 Å². The third kappa shape index (κ3) is 4.75. The number of carbonyl (C=O) groups is 1. The average molecular weight is 439 g/mol. The molecule has 31 heavy (non-hydrogen) atoms. The van der Waals surface area contributed by atoms with Crippen LogP contribution in [0.15, 0.2) is 54.9 Å². The van der Waals surface area contributed by atoms with E-state index >= 15 is 0 Å². The lowest BCUT2D eigenvalue weighted by atomic mass is 10.0. The van der Waals surface area contributed by atoms with Gasteiger partial charge in [-0.2, -0.15) is 0 Å². The number of anilines is 1. The molecule has 1 aliphatic heterocycles. The highest BCUT2D eigenvalue weighted by atomic mass is 35.5. The Morgan fingerprint density at radius 1 is 1.10 bits per heavy atom. The van der Waals surface area contributed by atoms with Crippen LogP contribution in [-0.2, 0) is 35.6 Å². The van der Waals surface area contributed by atoms with E-state index in [1.165, 1.54) is 7.11 Å². The summed E-state index contributed by atoms with van der Waals surface area (Å²) in [5.74, 6) is -0.220. The Bertz CT molecular complexity index is 1040. The van der Waals surface area contributed by atoms with Crippen LogP contribution in [0.3, 0.4) is 0 Å². The third-order valence-corrected chi connectivity index (χ3v) is 6.04. The molecule has 0 spiro atoms. The molecule has 0 N–H and O–H groups in total. The van der Waals surface area contributed by atoms with Crippen LogP contribution in [0.1, 0.15) is 22.5 Å². The molecule has 2 aromatic carbocycles. The van der Waals surface area contributed by atoms with Gasteiger partial charge in [0.25, 0.3) is 0 Å². The molecule has 0 radical (unpaired) electrons. The molecule has 3 aromatic rings. The predicted molar refractivity (Wildman–Crippen MR) is 122 cm³/mol. The highest BCUT2D eigenvalue weighted by Crippen LogP contribution is 2.26. The zero-order valence-corrected chi connectivity index (χ0v) is 18.8. The van der Waals surface area contributed by atoms with Crippen molar-refractivity contribution in [3.63, 3.8) is 0 Å². The molecule has 162 valence electrons. The summed E-state index contributed by atoms with van der Waals surface area (Å²) in [4.78, 5) is 21.4. The molecular weight excluding hydrogens is 412 g/mol. The van der Waals surface area contributed by atoms with Gasteiger partial charge >= 0.3 is 5.97 Å². The van der Waals surface area contributed by atoms with Crippen LogP contribution >= 0.6 is 11.6 Å². The fraction of sp³-hybridized carbons (Fsp3) is 0.333. The molecule has 0 bridgehead atoms. The number of esters is 1. The molecule has 1 aliphatic rings. The third-order valence-electron chi connectivity index (χ3n) is 5.79. The second-order valence-corrected chi connectivity index (χ2v) is 8.54. The summed E-state index contributed by atoms with van der Waals surface area (Å²) in [7, 11) is 5.49. The van der Waals surface area contributed by atoms with Crippen molar-refractivity contribution in [2.45, 2.75) is 32.1 Å². The first-order valence-electron chi connectivity index (χ1n) is 10.3. The van der Waals surface area contributed by atoms with Crippen molar-refractivity contribution in [1.82, 2.24) is 14.5 Å². The van der Waals surface area contributed by atoms with Gasteiger partial charge in [-0.25, -0.2) is 4.98 Å². The number of carbonyl (C=O) groups excluding carboxylic acids is 1. The monoisotopic (exact) mass is 438 g/mol. The highest BCUT2D eigenvalue weighted by molar-refractivity contribution is 6.30. The van der Waals surface area contributed by atoms with E-state index < -0.39 is 0 Å². The zero-order valence-electron chi connectivity index (χ0n) is 18.1. The number of benzene rings is 2. The molecule has 0 saturated carbocycles. The first-order valence-corrected chi connectivity index (χ1v) is 10.7. The first-order chi connectivity index (χ1) is 14.9. The number of rotatable bonds is 6. The van der Waals surface area contributed by atoms with Gasteiger partial charge in [-0.15, -0.1) is 0 Å². The van der Waals surface area contributed by atoms with Gasteiger partial charge in [0.05, 0.1) is 24.8 Å². The van der Waals surface area contributed by atoms with Crippen molar-refractivity contribution in [2.24, 2.45) is 0 Å². The van der Waals surface area contributed by atoms with Gasteiger partial charge < -0.3 is 14.2 Å². The Morgan fingerprint density at radius 3 is 2.39 bits per heavy atom. The Hall–Kier alpha value is -2.83. The van der Waals surface area contributed by atoms with Gasteiger partial charge in [0, 0.05) is 50.9 Å². The standard InChI is InChI=1S/C24H27ClN4O2/c1-27(2)20-10-6-18(7-11-20)13-28-15-23-21(12-22(28)24(30)31-3)26-16-29(23)14-17-4-8-19(25)9-5-17/h4-11,16,22H,12-15H2,1-3H3. The van der Waals surface area contributed by atoms with E-state index in [-0.39, 0.29) is 12.0 Å². The van der Waals surface area contributed by atoms with E-state index in [9.17, 15) is 4.79 Å². The normalized spacial score (nSPS) is 16.1. The summed E-state index contributed by atoms with van der Waals surface area (Å²) in [6.45, 7) is 2.02. The fourth-order valence-electron chi connectivity index (χ4n) is 4.01. The largest absolute Gasteiger partial charge is 0.468 e. The van der Waals surface area contributed by atoms with E-state index in [2.05, 4.69) is 43.6 Å². The number of hydrogen-bond donors (Lipinski definition) is 0. The Morgan fingerprint density at radius 2 is 1.74 bits per heavy atom. The minimum Gasteiger partial charge on any atom is -0.468 e. The molecule has 0 saturated heterocycles. The summed E-state index contributed by atoms with van der Waals surface area (Å²) in [6.07, 6.45) is 2.41. The lowest BCUT2D eigenvalue weighted by Crippen LogP contribution is -2.46. The van der Waals surface area contributed by atoms with Crippen LogP contribution in [0.25, 0.3) is 0 Å². The molecule has 2 heterocycles. The van der Waals surface area contributed by atoms with Gasteiger partial charge in [-0.05, 0) is 35.4 Å². The van der Waals surface area contributed by atoms with E-state index in [4.69, 9.17) is 16.3 Å². The smallest absolute Gasteiger partial charge is 0.323 e. The van der Waals surface area contributed by atoms with Gasteiger partial charge in [-0.1, -0.05) is 35.9 Å². The van der Waals surface area contributed by atoms with Gasteiger partial charge in [0.15, 0.2) is 0 Å². The maximum Gasteiger partial charge on any atom is 0.323 e. The Balaban J connectivity index is 1.58. The van der Waals surface area contributed by atoms with Gasteiger partial charge in [-0.3, -0.25) is 9.69 Å². The van der Waals surface area contributed by atoms with Gasteiger partial charge in [0.1, 0.15) is 6.04 Å². The second-order valence-electron chi connectivity index (χ2n) is 8.10. The Labute approximate surface area is 188 Å². The number of fused-ring (bicyclic) bond motifs is 1. The minimum atomic E-state index is -0.343. The number of halogens is 1. The van der Waals surface area contributed by atoms with E-state index in [0.717, 1.165) is 33.2 Å². The number of hydrogen-bond acceptors (Lipinski definition) is 5. The highest BCUT2D eigenvalue weighted by Gasteiger charge is 2.34. The molecule has 1 unspecified atom stereocenters. The molecule has 1 atom stereocenters. The molecule has 0 amide bonds. The van der Waals surface area contributed by atoms with Crippen LogP contribution in [0.5, 0.6) is 0 Å². The molecule has 1 aromatic heterocycles. The van der Waals surface area contributed by atoms with Crippen LogP contribution in [0.4, 0.5) is 5.69 Å². The van der Waals surface area contributed by atoms with Crippen molar-refractivity contribution in [3.8, 4) is 0 Å². The number of ether oxygens (including phenoxy) is 1. The summed E-state index contributed by atoms with van der Waals surface area (Å²) < 4.78 is 7.26. The van der Waals surface area contributed by atoms with Crippen molar-refractivity contribution in [3.05, 3.63) is 82.4 Å². The van der Waals surface area contributed by atoms with Crippen molar-refractivity contribution < 1.29 is 9.53 Å². The molecule has 7 heteroatoms. The second kappa shape index (κ2) is 9.12. The first kappa shape index (κ1) is 21.4. The number of imidazole rings is 1. The van der Waals surface area contributed by atoms with Gasteiger partial charge in [0.2, 0.25) is 0 Å². The fourth-order valence-corrected chi connectivity index (χ4v) is 4.13. The minimum absolute atomic E-state index is 0.220. The molecule has 0 fully saturated rings. The number of nitrogens with zero attached hydrogens (tertiary/aromatic N) is 4. The lowest BCUT2D eigenvalue weighted by Gasteiger charge is -2.34. The van der Waals surface area contributed by atoms with E-state index in [1.807, 2.05) is 44.7 Å². The summed E-state index contributed by atoms with van der Waals surface area (Å²) in [5.41, 5.74) is 5.57. The Kier molecular flexibility index (Phi) is 6.30. The average Bonchev–Trinajstić information content (AvgIpc) is 3.16. The van der Waals surface area contributed by atoms with Crippen LogP contribution in [0.2, 0.25) is 5.02 Å². The topological polar surface area (TPSA) is 50.6 Å². The van der Waals surface area contributed by atoms with Crippen LogP contribution < -0.4 is 4.90 Å². The summed E-state index contributed by atoms with van der Waals surface area (Å²) >= 11 is 6.02. The lowest BCUT2D eigenvalue weighted by molar-refractivity contribution is -0.148. The number of methoxy groups -OCH3 is 1. The molecular formula is C24H27ClN4O2. The number of aromatic nitrogens is 2.